The summed E-state index contributed by atoms with van der Waals surface area (Å²) in [6.45, 7) is 6.83. The molecule has 0 amide bonds. The molecular weight excluding hydrogens is 314 g/mol. The van der Waals surface area contributed by atoms with Crippen LogP contribution < -0.4 is 5.32 Å². The van der Waals surface area contributed by atoms with E-state index in [0.29, 0.717) is 17.8 Å². The molecule has 2 saturated heterocycles. The molecule has 2 aromatic rings. The molecule has 0 saturated carbocycles. The third-order valence-electron chi connectivity index (χ3n) is 5.24. The van der Waals surface area contributed by atoms with Crippen molar-refractivity contribution in [3.63, 3.8) is 0 Å². The van der Waals surface area contributed by atoms with Crippen LogP contribution in [0.25, 0.3) is 0 Å². The van der Waals surface area contributed by atoms with E-state index in [4.69, 9.17) is 4.74 Å². The lowest BCUT2D eigenvalue weighted by Gasteiger charge is -2.35. The predicted octanol–water partition coefficient (Wildman–Crippen LogP) is 2.13. The highest BCUT2D eigenvalue weighted by Crippen LogP contribution is 2.34. The standard InChI is InChI=1S/C19H25N5O/c1-14-4-2-5-16(23-14)12-24-9-6-17-15(11-24)13-25-18(17)10-22-19-20-7-3-8-21-19/h2-5,7-8,15,17-18H,6,9-13H2,1H3,(H,20,21,22)/t15-,17-,18+/m1/s1. The van der Waals surface area contributed by atoms with Gasteiger partial charge >= 0.3 is 0 Å². The largest absolute Gasteiger partial charge is 0.376 e. The maximum atomic E-state index is 6.08. The summed E-state index contributed by atoms with van der Waals surface area (Å²) in [5, 5.41) is 3.31. The summed E-state index contributed by atoms with van der Waals surface area (Å²) in [5.41, 5.74) is 2.25. The molecule has 4 rings (SSSR count). The van der Waals surface area contributed by atoms with E-state index in [1.807, 2.05) is 6.07 Å². The number of anilines is 1. The number of likely N-dealkylation sites (tertiary alicyclic amines) is 1. The lowest BCUT2D eigenvalue weighted by molar-refractivity contribution is 0.0945. The second kappa shape index (κ2) is 7.45. The van der Waals surface area contributed by atoms with Crippen molar-refractivity contribution in [1.82, 2.24) is 19.9 Å². The molecule has 0 aliphatic carbocycles. The van der Waals surface area contributed by atoms with E-state index in [0.717, 1.165) is 44.2 Å². The van der Waals surface area contributed by atoms with Crippen molar-refractivity contribution in [3.8, 4) is 0 Å². The van der Waals surface area contributed by atoms with E-state index < -0.39 is 0 Å². The number of aromatic nitrogens is 3. The third kappa shape index (κ3) is 3.96. The van der Waals surface area contributed by atoms with Crippen molar-refractivity contribution >= 4 is 5.95 Å². The molecule has 6 nitrogen and oxygen atoms in total. The lowest BCUT2D eigenvalue weighted by atomic mass is 9.84. The van der Waals surface area contributed by atoms with Crippen LogP contribution in [0.15, 0.2) is 36.7 Å². The van der Waals surface area contributed by atoms with E-state index in [-0.39, 0.29) is 6.10 Å². The highest BCUT2D eigenvalue weighted by Gasteiger charge is 2.40. The maximum Gasteiger partial charge on any atom is 0.222 e. The average molecular weight is 339 g/mol. The lowest BCUT2D eigenvalue weighted by Crippen LogP contribution is -2.42. The fourth-order valence-electron chi connectivity index (χ4n) is 4.02. The molecule has 6 heteroatoms. The van der Waals surface area contributed by atoms with Crippen LogP contribution in [0.2, 0.25) is 0 Å². The zero-order chi connectivity index (χ0) is 17.1. The minimum atomic E-state index is 0.257. The van der Waals surface area contributed by atoms with Crippen molar-refractivity contribution in [2.45, 2.75) is 26.0 Å². The first-order chi connectivity index (χ1) is 12.3. The normalized spacial score (nSPS) is 26.4. The van der Waals surface area contributed by atoms with Gasteiger partial charge in [0.25, 0.3) is 0 Å². The fraction of sp³-hybridized carbons (Fsp3) is 0.526. The number of fused-ring (bicyclic) bond motifs is 1. The van der Waals surface area contributed by atoms with Crippen molar-refractivity contribution < 1.29 is 4.74 Å². The van der Waals surface area contributed by atoms with Gasteiger partial charge in [0.1, 0.15) is 0 Å². The van der Waals surface area contributed by atoms with Gasteiger partial charge in [0.15, 0.2) is 0 Å². The van der Waals surface area contributed by atoms with E-state index in [9.17, 15) is 0 Å². The Kier molecular flexibility index (Phi) is 4.90. The Morgan fingerprint density at radius 3 is 2.96 bits per heavy atom. The smallest absolute Gasteiger partial charge is 0.222 e. The Bertz CT molecular complexity index is 695. The molecule has 2 aliphatic heterocycles. The second-order valence-electron chi connectivity index (χ2n) is 7.04. The minimum Gasteiger partial charge on any atom is -0.376 e. The van der Waals surface area contributed by atoms with Gasteiger partial charge in [-0.2, -0.15) is 0 Å². The Balaban J connectivity index is 1.30. The van der Waals surface area contributed by atoms with Crippen molar-refractivity contribution in [1.29, 1.82) is 0 Å². The van der Waals surface area contributed by atoms with Gasteiger partial charge < -0.3 is 10.1 Å². The Morgan fingerprint density at radius 2 is 2.12 bits per heavy atom. The quantitative estimate of drug-likeness (QED) is 0.900. The first-order valence-corrected chi connectivity index (χ1v) is 9.05. The number of hydrogen-bond donors (Lipinski definition) is 1. The van der Waals surface area contributed by atoms with Crippen LogP contribution in [0.5, 0.6) is 0 Å². The summed E-state index contributed by atoms with van der Waals surface area (Å²) >= 11 is 0. The first kappa shape index (κ1) is 16.4. The number of hydrogen-bond acceptors (Lipinski definition) is 6. The predicted molar refractivity (Wildman–Crippen MR) is 96.1 cm³/mol. The molecule has 2 aliphatic rings. The van der Waals surface area contributed by atoms with Gasteiger partial charge in [-0.05, 0) is 44.0 Å². The zero-order valence-corrected chi connectivity index (χ0v) is 14.6. The molecule has 4 heterocycles. The maximum absolute atomic E-state index is 6.08. The van der Waals surface area contributed by atoms with E-state index in [2.05, 4.69) is 50.3 Å². The van der Waals surface area contributed by atoms with Crippen LogP contribution in [0, 0.1) is 18.8 Å². The molecule has 2 fully saturated rings. The van der Waals surface area contributed by atoms with Crippen LogP contribution in [-0.4, -0.2) is 52.2 Å². The van der Waals surface area contributed by atoms with Crippen LogP contribution in [-0.2, 0) is 11.3 Å². The van der Waals surface area contributed by atoms with Crippen LogP contribution in [0.1, 0.15) is 17.8 Å². The minimum absolute atomic E-state index is 0.257. The number of nitrogens with zero attached hydrogens (tertiary/aromatic N) is 4. The summed E-state index contributed by atoms with van der Waals surface area (Å²) in [7, 11) is 0. The highest BCUT2D eigenvalue weighted by molar-refractivity contribution is 5.22. The molecule has 132 valence electrons. The average Bonchev–Trinajstić information content (AvgIpc) is 3.03. The molecule has 3 atom stereocenters. The molecule has 2 aromatic heterocycles. The fourth-order valence-corrected chi connectivity index (χ4v) is 4.02. The number of piperidine rings is 1. The summed E-state index contributed by atoms with van der Waals surface area (Å²) in [6.07, 6.45) is 4.95. The summed E-state index contributed by atoms with van der Waals surface area (Å²) in [5.74, 6) is 1.91. The molecular formula is C19H25N5O. The van der Waals surface area contributed by atoms with Gasteiger partial charge in [-0.15, -0.1) is 0 Å². The van der Waals surface area contributed by atoms with Gasteiger partial charge in [-0.3, -0.25) is 9.88 Å². The van der Waals surface area contributed by atoms with Crippen molar-refractivity contribution in [3.05, 3.63) is 48.0 Å². The van der Waals surface area contributed by atoms with Crippen LogP contribution in [0.4, 0.5) is 5.95 Å². The second-order valence-corrected chi connectivity index (χ2v) is 7.04. The van der Waals surface area contributed by atoms with Gasteiger partial charge in [0.2, 0.25) is 5.95 Å². The highest BCUT2D eigenvalue weighted by atomic mass is 16.5. The SMILES string of the molecule is Cc1cccc(CN2CC[C@@H]3[C@@H](CO[C@H]3CNc3ncccn3)C2)n1. The molecule has 0 radical (unpaired) electrons. The molecule has 25 heavy (non-hydrogen) atoms. The van der Waals surface area contributed by atoms with Crippen LogP contribution >= 0.6 is 0 Å². The van der Waals surface area contributed by atoms with E-state index in [1.165, 1.54) is 6.42 Å². The third-order valence-corrected chi connectivity index (χ3v) is 5.24. The van der Waals surface area contributed by atoms with Crippen molar-refractivity contribution in [2.24, 2.45) is 11.8 Å². The van der Waals surface area contributed by atoms with Gasteiger partial charge in [-0.1, -0.05) is 6.07 Å². The van der Waals surface area contributed by atoms with E-state index in [1.54, 1.807) is 12.4 Å². The zero-order valence-electron chi connectivity index (χ0n) is 14.6. The van der Waals surface area contributed by atoms with Crippen molar-refractivity contribution in [2.75, 3.05) is 31.6 Å². The summed E-state index contributed by atoms with van der Waals surface area (Å²) in [4.78, 5) is 15.6. The molecule has 0 aromatic carbocycles. The monoisotopic (exact) mass is 339 g/mol. The summed E-state index contributed by atoms with van der Waals surface area (Å²) in [6, 6.07) is 8.09. The Morgan fingerprint density at radius 1 is 1.24 bits per heavy atom. The first-order valence-electron chi connectivity index (χ1n) is 9.05. The molecule has 1 N–H and O–H groups in total. The number of aryl methyl sites for hydroxylation is 1. The summed E-state index contributed by atoms with van der Waals surface area (Å²) < 4.78 is 6.08. The molecule has 0 unspecified atom stereocenters. The molecule has 0 spiro atoms. The van der Waals surface area contributed by atoms with Gasteiger partial charge in [-0.25, -0.2) is 9.97 Å². The Hall–Kier alpha value is -2.05. The van der Waals surface area contributed by atoms with E-state index >= 15 is 0 Å². The van der Waals surface area contributed by atoms with Crippen LogP contribution in [0.3, 0.4) is 0 Å². The molecule has 0 bridgehead atoms. The number of pyridine rings is 1. The van der Waals surface area contributed by atoms with Gasteiger partial charge in [0.05, 0.1) is 18.4 Å². The van der Waals surface area contributed by atoms with Gasteiger partial charge in [0, 0.05) is 43.6 Å². The number of rotatable bonds is 5. The number of ether oxygens (including phenoxy) is 1. The topological polar surface area (TPSA) is 63.2 Å². The number of nitrogens with one attached hydrogen (secondary N) is 1. The Labute approximate surface area is 148 Å².